The Kier molecular flexibility index (Phi) is 4.92. The Balaban J connectivity index is 1.67. The number of nitrogens with zero attached hydrogens (tertiary/aromatic N) is 2. The molecule has 6 nitrogen and oxygen atoms in total. The molecule has 1 aliphatic heterocycles. The zero-order chi connectivity index (χ0) is 22.5. The number of nitrogens with two attached hydrogens (primary N) is 1. The van der Waals surface area contributed by atoms with Gasteiger partial charge in [-0.3, -0.25) is 14.5 Å². The highest BCUT2D eigenvalue weighted by Crippen LogP contribution is 2.35. The molecule has 2 heterocycles. The number of hydrogen-bond acceptors (Lipinski definition) is 5. The summed E-state index contributed by atoms with van der Waals surface area (Å²) in [6, 6.07) is 10.2. The second-order valence-corrected chi connectivity index (χ2v) is 8.34. The number of benzene rings is 2. The molecule has 31 heavy (non-hydrogen) atoms. The lowest BCUT2D eigenvalue weighted by Crippen LogP contribution is -2.47. The Morgan fingerprint density at radius 3 is 2.71 bits per heavy atom. The SMILES string of the molecule is Cc1ccc2oc(C(=O)Cc3ccc(F)c(C4(C)CC(=O)N(C)C(N)=N4)c3)c(C)c2c1. The predicted octanol–water partition coefficient (Wildman–Crippen LogP) is 4.01. The molecule has 0 saturated heterocycles. The molecule has 1 aliphatic rings. The molecule has 2 aromatic carbocycles. The van der Waals surface area contributed by atoms with Crippen molar-refractivity contribution in [1.29, 1.82) is 0 Å². The van der Waals surface area contributed by atoms with Crippen LogP contribution in [0.3, 0.4) is 0 Å². The fourth-order valence-corrected chi connectivity index (χ4v) is 4.03. The number of aliphatic imine (C=N–C) groups is 1. The fourth-order valence-electron chi connectivity index (χ4n) is 4.03. The molecule has 4 rings (SSSR count). The van der Waals surface area contributed by atoms with Crippen molar-refractivity contribution in [3.05, 3.63) is 70.2 Å². The molecule has 160 valence electrons. The molecule has 0 radical (unpaired) electrons. The first-order valence-electron chi connectivity index (χ1n) is 10.0. The number of hydrogen-bond donors (Lipinski definition) is 1. The predicted molar refractivity (Wildman–Crippen MR) is 116 cm³/mol. The van der Waals surface area contributed by atoms with Gasteiger partial charge in [-0.15, -0.1) is 0 Å². The highest BCUT2D eigenvalue weighted by molar-refractivity contribution is 6.01. The molecule has 1 amide bonds. The topological polar surface area (TPSA) is 88.9 Å². The lowest BCUT2D eigenvalue weighted by atomic mass is 9.85. The zero-order valence-corrected chi connectivity index (χ0v) is 18.0. The quantitative estimate of drug-likeness (QED) is 0.645. The number of Topliss-reactive ketones (excluding diaryl/α,β-unsaturated/α-hetero) is 1. The van der Waals surface area contributed by atoms with Crippen molar-refractivity contribution >= 4 is 28.6 Å². The summed E-state index contributed by atoms with van der Waals surface area (Å²) < 4.78 is 20.5. The number of guanidine groups is 1. The summed E-state index contributed by atoms with van der Waals surface area (Å²) in [6.07, 6.45) is 0.0244. The van der Waals surface area contributed by atoms with E-state index in [2.05, 4.69) is 4.99 Å². The van der Waals surface area contributed by atoms with Gasteiger partial charge in [-0.1, -0.05) is 17.7 Å². The average Bonchev–Trinajstić information content (AvgIpc) is 3.03. The largest absolute Gasteiger partial charge is 0.453 e. The molecular weight excluding hydrogens is 397 g/mol. The van der Waals surface area contributed by atoms with Crippen LogP contribution in [0.4, 0.5) is 4.39 Å². The van der Waals surface area contributed by atoms with E-state index in [4.69, 9.17) is 10.2 Å². The van der Waals surface area contributed by atoms with Crippen LogP contribution in [0.15, 0.2) is 45.8 Å². The van der Waals surface area contributed by atoms with E-state index in [1.165, 1.54) is 18.0 Å². The fraction of sp³-hybridized carbons (Fsp3) is 0.292. The van der Waals surface area contributed by atoms with Crippen molar-refractivity contribution in [2.24, 2.45) is 10.7 Å². The maximum atomic E-state index is 14.7. The van der Waals surface area contributed by atoms with Crippen molar-refractivity contribution < 1.29 is 18.4 Å². The Bertz CT molecular complexity index is 1260. The van der Waals surface area contributed by atoms with Gasteiger partial charge in [-0.05, 0) is 50.6 Å². The van der Waals surface area contributed by atoms with Gasteiger partial charge in [0, 0.05) is 30.0 Å². The Labute approximate surface area is 179 Å². The molecule has 0 aliphatic carbocycles. The normalized spacial score (nSPS) is 19.1. The van der Waals surface area contributed by atoms with Gasteiger partial charge in [-0.2, -0.15) is 0 Å². The molecular formula is C24H24FN3O3. The van der Waals surface area contributed by atoms with E-state index in [0.29, 0.717) is 16.9 Å². The number of carbonyl (C=O) groups is 2. The van der Waals surface area contributed by atoms with Crippen LogP contribution in [0.25, 0.3) is 11.0 Å². The van der Waals surface area contributed by atoms with Gasteiger partial charge in [0.2, 0.25) is 11.7 Å². The Hall–Kier alpha value is -3.48. The minimum atomic E-state index is -1.14. The van der Waals surface area contributed by atoms with Gasteiger partial charge in [0.1, 0.15) is 11.4 Å². The number of amides is 1. The summed E-state index contributed by atoms with van der Waals surface area (Å²) in [5.74, 6) is -0.606. The monoisotopic (exact) mass is 421 g/mol. The summed E-state index contributed by atoms with van der Waals surface area (Å²) in [5.41, 5.74) is 8.10. The molecule has 2 N–H and O–H groups in total. The van der Waals surface area contributed by atoms with Crippen LogP contribution in [-0.4, -0.2) is 29.6 Å². The van der Waals surface area contributed by atoms with Gasteiger partial charge in [0.05, 0.1) is 12.0 Å². The van der Waals surface area contributed by atoms with E-state index in [9.17, 15) is 14.0 Å². The first-order valence-corrected chi connectivity index (χ1v) is 10.0. The summed E-state index contributed by atoms with van der Waals surface area (Å²) in [5, 5.41) is 0.908. The Morgan fingerprint density at radius 1 is 1.26 bits per heavy atom. The smallest absolute Gasteiger partial charge is 0.231 e. The van der Waals surface area contributed by atoms with Crippen LogP contribution in [0, 0.1) is 19.7 Å². The molecule has 1 aromatic heterocycles. The van der Waals surface area contributed by atoms with E-state index < -0.39 is 11.4 Å². The zero-order valence-electron chi connectivity index (χ0n) is 18.0. The third-order valence-corrected chi connectivity index (χ3v) is 5.90. The van der Waals surface area contributed by atoms with Crippen molar-refractivity contribution in [3.8, 4) is 0 Å². The molecule has 0 bridgehead atoms. The van der Waals surface area contributed by atoms with E-state index in [0.717, 1.165) is 16.5 Å². The molecule has 1 unspecified atom stereocenters. The number of furan rings is 1. The lowest BCUT2D eigenvalue weighted by molar-refractivity contribution is -0.128. The second kappa shape index (κ2) is 7.34. The van der Waals surface area contributed by atoms with Gasteiger partial charge in [-0.25, -0.2) is 9.38 Å². The third-order valence-electron chi connectivity index (χ3n) is 5.90. The second-order valence-electron chi connectivity index (χ2n) is 8.34. The van der Waals surface area contributed by atoms with E-state index in [-0.39, 0.29) is 36.1 Å². The van der Waals surface area contributed by atoms with Crippen LogP contribution >= 0.6 is 0 Å². The van der Waals surface area contributed by atoms with Gasteiger partial charge < -0.3 is 10.2 Å². The van der Waals surface area contributed by atoms with Crippen LogP contribution in [-0.2, 0) is 16.8 Å². The first-order chi connectivity index (χ1) is 14.6. The van der Waals surface area contributed by atoms with Gasteiger partial charge in [0.25, 0.3) is 0 Å². The number of ketones is 1. The standard InChI is InChI=1S/C24H24FN3O3/c1-13-5-8-20-16(9-13)14(2)22(31-20)19(29)11-15-6-7-18(25)17(10-15)24(3)12-21(30)28(4)23(26)27-24/h5-10H,11-12H2,1-4H3,(H2,26,27). The van der Waals surface area contributed by atoms with Gasteiger partial charge in [0.15, 0.2) is 11.7 Å². The van der Waals surface area contributed by atoms with Crippen molar-refractivity contribution in [1.82, 2.24) is 4.90 Å². The summed E-state index contributed by atoms with van der Waals surface area (Å²) in [6.45, 7) is 5.51. The lowest BCUT2D eigenvalue weighted by Gasteiger charge is -2.34. The van der Waals surface area contributed by atoms with Crippen molar-refractivity contribution in [2.75, 3.05) is 7.05 Å². The minimum Gasteiger partial charge on any atom is -0.453 e. The minimum absolute atomic E-state index is 0.0133. The maximum Gasteiger partial charge on any atom is 0.231 e. The van der Waals surface area contributed by atoms with Crippen LogP contribution in [0.1, 0.15) is 46.2 Å². The summed E-state index contributed by atoms with van der Waals surface area (Å²) >= 11 is 0. The van der Waals surface area contributed by atoms with Crippen LogP contribution in [0.2, 0.25) is 0 Å². The molecule has 1 atom stereocenters. The molecule has 3 aromatic rings. The van der Waals surface area contributed by atoms with E-state index in [1.807, 2.05) is 32.0 Å². The molecule has 0 fully saturated rings. The molecule has 0 saturated carbocycles. The molecule has 7 heteroatoms. The van der Waals surface area contributed by atoms with E-state index in [1.54, 1.807) is 19.1 Å². The van der Waals surface area contributed by atoms with Crippen LogP contribution in [0.5, 0.6) is 0 Å². The third kappa shape index (κ3) is 3.60. The van der Waals surface area contributed by atoms with Gasteiger partial charge >= 0.3 is 0 Å². The van der Waals surface area contributed by atoms with Crippen molar-refractivity contribution in [2.45, 2.75) is 39.2 Å². The highest BCUT2D eigenvalue weighted by atomic mass is 19.1. The number of aryl methyl sites for hydroxylation is 2. The average molecular weight is 421 g/mol. The number of fused-ring (bicyclic) bond motifs is 1. The highest BCUT2D eigenvalue weighted by Gasteiger charge is 2.38. The van der Waals surface area contributed by atoms with E-state index >= 15 is 0 Å². The summed E-state index contributed by atoms with van der Waals surface area (Å²) in [4.78, 5) is 30.9. The van der Waals surface area contributed by atoms with Crippen molar-refractivity contribution in [3.63, 3.8) is 0 Å². The molecule has 0 spiro atoms. The number of carbonyl (C=O) groups excluding carboxylic acids is 2. The van der Waals surface area contributed by atoms with Crippen LogP contribution < -0.4 is 5.73 Å². The Morgan fingerprint density at radius 2 is 2.00 bits per heavy atom. The number of rotatable bonds is 4. The maximum absolute atomic E-state index is 14.7. The summed E-state index contributed by atoms with van der Waals surface area (Å²) in [7, 11) is 1.53. The first kappa shape index (κ1) is 20.8. The number of halogens is 1.